The molecule has 0 radical (unpaired) electrons. The Hall–Kier alpha value is -2.35. The molecule has 8 heteroatoms. The minimum atomic E-state index is -0.639. The van der Waals surface area contributed by atoms with Crippen LogP contribution >= 0.6 is 15.9 Å². The molecule has 2 aromatic rings. The van der Waals surface area contributed by atoms with Crippen LogP contribution in [0, 0.1) is 0 Å². The maximum absolute atomic E-state index is 11.7. The minimum absolute atomic E-state index is 0.0248. The molecule has 1 aromatic heterocycles. The van der Waals surface area contributed by atoms with E-state index in [4.69, 9.17) is 18.6 Å². The van der Waals surface area contributed by atoms with E-state index in [1.165, 1.54) is 6.26 Å². The molecule has 0 bridgehead atoms. The van der Waals surface area contributed by atoms with Crippen molar-refractivity contribution in [2.45, 2.75) is 6.61 Å². The van der Waals surface area contributed by atoms with Gasteiger partial charge in [0.25, 0.3) is 5.89 Å². The first-order valence-electron chi connectivity index (χ1n) is 6.43. The van der Waals surface area contributed by atoms with Gasteiger partial charge in [0, 0.05) is 4.47 Å². The Labute approximate surface area is 134 Å². The fourth-order valence-corrected chi connectivity index (χ4v) is 2.18. The molecule has 0 fully saturated rings. The van der Waals surface area contributed by atoms with Crippen molar-refractivity contribution in [1.82, 2.24) is 10.2 Å². The second-order valence-electron chi connectivity index (χ2n) is 4.26. The number of rotatable bonds is 4. The Balaban J connectivity index is 1.64. The van der Waals surface area contributed by atoms with Gasteiger partial charge in [-0.2, -0.15) is 0 Å². The lowest BCUT2D eigenvalue weighted by molar-refractivity contribution is -0.146. The van der Waals surface area contributed by atoms with Gasteiger partial charge in [-0.3, -0.25) is 0 Å². The van der Waals surface area contributed by atoms with Gasteiger partial charge in [-0.15, -0.1) is 10.2 Å². The van der Waals surface area contributed by atoms with Crippen molar-refractivity contribution in [2.24, 2.45) is 0 Å². The first-order chi connectivity index (χ1) is 10.7. The van der Waals surface area contributed by atoms with Gasteiger partial charge in [0.2, 0.25) is 11.6 Å². The summed E-state index contributed by atoms with van der Waals surface area (Å²) in [5.74, 6) is -0.0800. The van der Waals surface area contributed by atoms with E-state index in [0.717, 1.165) is 10.0 Å². The van der Waals surface area contributed by atoms with Crippen LogP contribution in [0.25, 0.3) is 11.5 Å². The average molecular weight is 367 g/mol. The molecule has 114 valence electrons. The minimum Gasteiger partial charge on any atom is -0.493 e. The topological polar surface area (TPSA) is 83.7 Å². The van der Waals surface area contributed by atoms with Crippen LogP contribution in [0.5, 0.6) is 0 Å². The molecule has 1 aliphatic rings. The highest BCUT2D eigenvalue weighted by atomic mass is 79.9. The Bertz CT molecular complexity index is 713. The highest BCUT2D eigenvalue weighted by Gasteiger charge is 2.18. The van der Waals surface area contributed by atoms with Crippen LogP contribution < -0.4 is 0 Å². The largest absolute Gasteiger partial charge is 0.493 e. The van der Waals surface area contributed by atoms with Crippen LogP contribution in [-0.2, 0) is 25.6 Å². The molecule has 0 aliphatic carbocycles. The Kier molecular flexibility index (Phi) is 4.38. The highest BCUT2D eigenvalue weighted by molar-refractivity contribution is 9.10. The number of carbonyl (C=O) groups is 1. The van der Waals surface area contributed by atoms with E-state index in [0.29, 0.717) is 19.1 Å². The van der Waals surface area contributed by atoms with Gasteiger partial charge in [-0.25, -0.2) is 4.79 Å². The molecule has 0 amide bonds. The zero-order valence-electron chi connectivity index (χ0n) is 11.3. The zero-order chi connectivity index (χ0) is 15.4. The standard InChI is InChI=1S/C14H11BrN2O5/c15-10-4-2-1-3-9(10)13-17-16-12(22-13)8-21-14(18)11-7-19-5-6-20-11/h1-4,7H,5-6,8H2. The number of carbonyl (C=O) groups excluding carboxylic acids is 1. The van der Waals surface area contributed by atoms with E-state index in [-0.39, 0.29) is 18.3 Å². The predicted octanol–water partition coefficient (Wildman–Crippen LogP) is 2.43. The molecule has 0 saturated carbocycles. The SMILES string of the molecule is O=C(OCc1nnc(-c2ccccc2Br)o1)C1=COCCO1. The first kappa shape index (κ1) is 14.6. The summed E-state index contributed by atoms with van der Waals surface area (Å²) in [6.07, 6.45) is 1.23. The summed E-state index contributed by atoms with van der Waals surface area (Å²) in [4.78, 5) is 11.7. The van der Waals surface area contributed by atoms with Crippen LogP contribution in [0.1, 0.15) is 5.89 Å². The smallest absolute Gasteiger partial charge is 0.377 e. The van der Waals surface area contributed by atoms with Crippen molar-refractivity contribution >= 4 is 21.9 Å². The lowest BCUT2D eigenvalue weighted by Crippen LogP contribution is -2.17. The third-order valence-corrected chi connectivity index (χ3v) is 3.44. The van der Waals surface area contributed by atoms with Crippen LogP contribution in [0.2, 0.25) is 0 Å². The number of nitrogens with zero attached hydrogens (tertiary/aromatic N) is 2. The van der Waals surface area contributed by atoms with E-state index in [9.17, 15) is 4.79 Å². The van der Waals surface area contributed by atoms with E-state index >= 15 is 0 Å². The van der Waals surface area contributed by atoms with Gasteiger partial charge >= 0.3 is 5.97 Å². The quantitative estimate of drug-likeness (QED) is 0.768. The molecule has 22 heavy (non-hydrogen) atoms. The molecule has 0 saturated heterocycles. The fraction of sp³-hybridized carbons (Fsp3) is 0.214. The number of hydrogen-bond acceptors (Lipinski definition) is 7. The van der Waals surface area contributed by atoms with Crippen LogP contribution in [0.4, 0.5) is 0 Å². The Morgan fingerprint density at radius 1 is 1.27 bits per heavy atom. The first-order valence-corrected chi connectivity index (χ1v) is 7.22. The fourth-order valence-electron chi connectivity index (χ4n) is 1.73. The lowest BCUT2D eigenvalue weighted by atomic mass is 10.2. The summed E-state index contributed by atoms with van der Waals surface area (Å²) in [6, 6.07) is 7.45. The molecule has 0 N–H and O–H groups in total. The molecule has 1 aromatic carbocycles. The van der Waals surface area contributed by atoms with Crippen LogP contribution in [0.3, 0.4) is 0 Å². The number of hydrogen-bond donors (Lipinski definition) is 0. The number of benzene rings is 1. The van der Waals surface area contributed by atoms with Crippen molar-refractivity contribution in [3.8, 4) is 11.5 Å². The van der Waals surface area contributed by atoms with Crippen molar-refractivity contribution in [2.75, 3.05) is 13.2 Å². The predicted molar refractivity (Wildman–Crippen MR) is 77.2 cm³/mol. The molecule has 0 atom stereocenters. The van der Waals surface area contributed by atoms with Gasteiger partial charge < -0.3 is 18.6 Å². The van der Waals surface area contributed by atoms with Crippen molar-refractivity contribution in [3.05, 3.63) is 46.7 Å². The Morgan fingerprint density at radius 2 is 2.14 bits per heavy atom. The van der Waals surface area contributed by atoms with Crippen LogP contribution in [-0.4, -0.2) is 29.4 Å². The number of esters is 1. The molecule has 1 aliphatic heterocycles. The van der Waals surface area contributed by atoms with Crippen molar-refractivity contribution in [1.29, 1.82) is 0 Å². The van der Waals surface area contributed by atoms with Crippen molar-refractivity contribution in [3.63, 3.8) is 0 Å². The Morgan fingerprint density at radius 3 is 2.91 bits per heavy atom. The summed E-state index contributed by atoms with van der Waals surface area (Å²) in [5, 5.41) is 7.77. The normalized spacial score (nSPS) is 13.8. The number of aromatic nitrogens is 2. The molecular formula is C14H11BrN2O5. The molecule has 0 unspecified atom stereocenters. The van der Waals surface area contributed by atoms with Gasteiger partial charge in [-0.05, 0) is 28.1 Å². The van der Waals surface area contributed by atoms with Gasteiger partial charge in [0.05, 0.1) is 5.56 Å². The second-order valence-corrected chi connectivity index (χ2v) is 5.11. The van der Waals surface area contributed by atoms with E-state index in [1.54, 1.807) is 0 Å². The van der Waals surface area contributed by atoms with Gasteiger partial charge in [0.1, 0.15) is 19.5 Å². The van der Waals surface area contributed by atoms with E-state index in [2.05, 4.69) is 26.1 Å². The average Bonchev–Trinajstić information content (AvgIpc) is 3.02. The number of ether oxygens (including phenoxy) is 3. The zero-order valence-corrected chi connectivity index (χ0v) is 12.9. The third-order valence-electron chi connectivity index (χ3n) is 2.75. The third kappa shape index (κ3) is 3.28. The summed E-state index contributed by atoms with van der Waals surface area (Å²) in [6.45, 7) is 0.584. The van der Waals surface area contributed by atoms with Gasteiger partial charge in [-0.1, -0.05) is 12.1 Å². The second kappa shape index (κ2) is 6.61. The molecule has 2 heterocycles. The molecule has 3 rings (SSSR count). The summed E-state index contributed by atoms with van der Waals surface area (Å²) in [5.41, 5.74) is 0.763. The van der Waals surface area contributed by atoms with Crippen molar-refractivity contribution < 1.29 is 23.4 Å². The van der Waals surface area contributed by atoms with Crippen LogP contribution in [0.15, 0.2) is 45.2 Å². The maximum Gasteiger partial charge on any atom is 0.377 e. The highest BCUT2D eigenvalue weighted by Crippen LogP contribution is 2.26. The maximum atomic E-state index is 11.7. The summed E-state index contributed by atoms with van der Waals surface area (Å²) in [7, 11) is 0. The molecular weight excluding hydrogens is 356 g/mol. The molecule has 7 nitrogen and oxygen atoms in total. The monoisotopic (exact) mass is 366 g/mol. The van der Waals surface area contributed by atoms with Gasteiger partial charge in [0.15, 0.2) is 6.61 Å². The molecule has 0 spiro atoms. The lowest BCUT2D eigenvalue weighted by Gasteiger charge is -2.13. The summed E-state index contributed by atoms with van der Waals surface area (Å²) >= 11 is 3.41. The number of halogens is 1. The van der Waals surface area contributed by atoms with E-state index in [1.807, 2.05) is 24.3 Å². The van der Waals surface area contributed by atoms with E-state index < -0.39 is 5.97 Å². The summed E-state index contributed by atoms with van der Waals surface area (Å²) < 4.78 is 21.4.